The van der Waals surface area contributed by atoms with Gasteiger partial charge < -0.3 is 25.1 Å². The van der Waals surface area contributed by atoms with Crippen molar-refractivity contribution in [1.82, 2.24) is 15.3 Å². The standard InChI is InChI=1S/C18H19N4O7P/c1-10-2-4-11(5-3-10)15(30(27,28)29)9-19-8-12-6-13(22(25)26)7-14-16(12)21-18(24)17(23)20-14/h2-7,15,19H,8-9H2,1H3,(H,20,23)(H,21,24)(H2,27,28,29). The van der Waals surface area contributed by atoms with Gasteiger partial charge in [-0.25, -0.2) is 0 Å². The number of nitrogens with zero attached hydrogens (tertiary/aromatic N) is 1. The number of aromatic nitrogens is 2. The lowest BCUT2D eigenvalue weighted by atomic mass is 10.1. The van der Waals surface area contributed by atoms with E-state index in [2.05, 4.69) is 15.3 Å². The number of aryl methyl sites for hydroxylation is 1. The van der Waals surface area contributed by atoms with Crippen molar-refractivity contribution in [1.29, 1.82) is 0 Å². The van der Waals surface area contributed by atoms with Crippen molar-refractivity contribution in [2.75, 3.05) is 6.54 Å². The Morgan fingerprint density at radius 1 is 1.13 bits per heavy atom. The number of non-ortho nitro benzene ring substituents is 1. The summed E-state index contributed by atoms with van der Waals surface area (Å²) in [6.45, 7) is 1.70. The van der Waals surface area contributed by atoms with Crippen LogP contribution in [0.2, 0.25) is 0 Å². The summed E-state index contributed by atoms with van der Waals surface area (Å²) in [4.78, 5) is 57.9. The molecular weight excluding hydrogens is 415 g/mol. The molecule has 0 saturated carbocycles. The van der Waals surface area contributed by atoms with Gasteiger partial charge in [-0.15, -0.1) is 0 Å². The molecule has 12 heteroatoms. The van der Waals surface area contributed by atoms with Crippen LogP contribution in [-0.4, -0.2) is 31.2 Å². The van der Waals surface area contributed by atoms with Gasteiger partial charge in [-0.2, -0.15) is 0 Å². The summed E-state index contributed by atoms with van der Waals surface area (Å²) in [7, 11) is -4.50. The second kappa shape index (κ2) is 8.33. The average Bonchev–Trinajstić information content (AvgIpc) is 2.66. The molecule has 158 valence electrons. The average molecular weight is 434 g/mol. The number of rotatable bonds is 7. The van der Waals surface area contributed by atoms with Gasteiger partial charge in [0.05, 0.1) is 21.6 Å². The van der Waals surface area contributed by atoms with E-state index in [1.165, 1.54) is 6.07 Å². The second-order valence-corrected chi connectivity index (χ2v) is 8.64. The maximum absolute atomic E-state index is 12.0. The highest BCUT2D eigenvalue weighted by Gasteiger charge is 2.30. The van der Waals surface area contributed by atoms with Crippen LogP contribution >= 0.6 is 7.60 Å². The van der Waals surface area contributed by atoms with Crippen molar-refractivity contribution in [2.24, 2.45) is 0 Å². The molecule has 0 amide bonds. The van der Waals surface area contributed by atoms with E-state index in [1.807, 2.05) is 6.92 Å². The van der Waals surface area contributed by atoms with Gasteiger partial charge in [-0.3, -0.25) is 24.3 Å². The first-order valence-corrected chi connectivity index (χ1v) is 10.5. The van der Waals surface area contributed by atoms with Gasteiger partial charge in [0.15, 0.2) is 0 Å². The zero-order valence-corrected chi connectivity index (χ0v) is 16.7. The fourth-order valence-electron chi connectivity index (χ4n) is 3.09. The molecule has 1 unspecified atom stereocenters. The number of nitro benzene ring substituents is 1. The van der Waals surface area contributed by atoms with Crippen LogP contribution in [0.4, 0.5) is 5.69 Å². The van der Waals surface area contributed by atoms with Crippen LogP contribution in [0.3, 0.4) is 0 Å². The lowest BCUT2D eigenvalue weighted by Crippen LogP contribution is -2.29. The predicted molar refractivity (Wildman–Crippen MR) is 110 cm³/mol. The zero-order chi connectivity index (χ0) is 22.1. The lowest BCUT2D eigenvalue weighted by molar-refractivity contribution is -0.384. The van der Waals surface area contributed by atoms with E-state index < -0.39 is 29.3 Å². The van der Waals surface area contributed by atoms with Gasteiger partial charge in [0.1, 0.15) is 0 Å². The van der Waals surface area contributed by atoms with Crippen LogP contribution in [-0.2, 0) is 11.1 Å². The Hall–Kier alpha value is -3.11. The summed E-state index contributed by atoms with van der Waals surface area (Å²) < 4.78 is 12.0. The number of hydrogen-bond donors (Lipinski definition) is 5. The first kappa shape index (κ1) is 21.6. The van der Waals surface area contributed by atoms with E-state index in [9.17, 15) is 34.1 Å². The van der Waals surface area contributed by atoms with Crippen molar-refractivity contribution in [2.45, 2.75) is 19.1 Å². The lowest BCUT2D eigenvalue weighted by Gasteiger charge is -2.20. The van der Waals surface area contributed by atoms with Gasteiger partial charge in [-0.1, -0.05) is 29.8 Å². The van der Waals surface area contributed by atoms with Gasteiger partial charge in [0.2, 0.25) is 0 Å². The Bertz CT molecular complexity index is 1260. The molecule has 1 heterocycles. The molecule has 0 fully saturated rings. The Morgan fingerprint density at radius 2 is 1.77 bits per heavy atom. The van der Waals surface area contributed by atoms with Crippen LogP contribution in [0.5, 0.6) is 0 Å². The Labute approximate surface area is 169 Å². The molecule has 30 heavy (non-hydrogen) atoms. The molecule has 0 aliphatic rings. The second-order valence-electron chi connectivity index (χ2n) is 6.84. The molecule has 0 spiro atoms. The van der Waals surface area contributed by atoms with E-state index in [4.69, 9.17) is 0 Å². The monoisotopic (exact) mass is 434 g/mol. The maximum atomic E-state index is 12.0. The zero-order valence-electron chi connectivity index (χ0n) is 15.8. The minimum atomic E-state index is -4.50. The third-order valence-electron chi connectivity index (χ3n) is 4.63. The summed E-state index contributed by atoms with van der Waals surface area (Å²) in [5, 5.41) is 14.1. The molecule has 0 radical (unpaired) electrons. The predicted octanol–water partition coefficient (Wildman–Crippen LogP) is 1.44. The van der Waals surface area contributed by atoms with Crippen LogP contribution in [0.1, 0.15) is 22.3 Å². The smallest absolute Gasteiger partial charge is 0.324 e. The highest BCUT2D eigenvalue weighted by molar-refractivity contribution is 7.52. The summed E-state index contributed by atoms with van der Waals surface area (Å²) in [5.74, 6) is 0. The number of H-pyrrole nitrogens is 2. The number of fused-ring (bicyclic) bond motifs is 1. The number of nitro groups is 1. The third-order valence-corrected chi connectivity index (χ3v) is 5.92. The third kappa shape index (κ3) is 4.71. The van der Waals surface area contributed by atoms with E-state index in [-0.39, 0.29) is 29.8 Å². The molecule has 1 aromatic heterocycles. The highest BCUT2D eigenvalue weighted by Crippen LogP contribution is 2.51. The van der Waals surface area contributed by atoms with Gasteiger partial charge in [0.25, 0.3) is 5.69 Å². The summed E-state index contributed by atoms with van der Waals surface area (Å²) >= 11 is 0. The molecule has 11 nitrogen and oxygen atoms in total. The van der Waals surface area contributed by atoms with Crippen molar-refractivity contribution in [3.05, 3.63) is 83.9 Å². The van der Waals surface area contributed by atoms with Crippen LogP contribution in [0, 0.1) is 17.0 Å². The first-order chi connectivity index (χ1) is 14.1. The van der Waals surface area contributed by atoms with Crippen molar-refractivity contribution in [3.63, 3.8) is 0 Å². The molecular formula is C18H19N4O7P. The Balaban J connectivity index is 1.91. The fraction of sp³-hybridized carbons (Fsp3) is 0.222. The molecule has 0 saturated heterocycles. The van der Waals surface area contributed by atoms with Crippen LogP contribution in [0.15, 0.2) is 46.0 Å². The van der Waals surface area contributed by atoms with Crippen molar-refractivity contribution >= 4 is 24.3 Å². The normalized spacial score (nSPS) is 12.8. The van der Waals surface area contributed by atoms with E-state index >= 15 is 0 Å². The minimum absolute atomic E-state index is 0.0392. The molecule has 0 aliphatic heterocycles. The Morgan fingerprint density at radius 3 is 2.37 bits per heavy atom. The van der Waals surface area contributed by atoms with Crippen LogP contribution < -0.4 is 16.4 Å². The Kier molecular flexibility index (Phi) is 5.99. The van der Waals surface area contributed by atoms with Crippen LogP contribution in [0.25, 0.3) is 11.0 Å². The molecule has 1 atom stereocenters. The summed E-state index contributed by atoms with van der Waals surface area (Å²) in [6, 6.07) is 9.10. The van der Waals surface area contributed by atoms with Gasteiger partial charge >= 0.3 is 18.7 Å². The van der Waals surface area contributed by atoms with E-state index in [0.717, 1.165) is 11.6 Å². The SMILES string of the molecule is Cc1ccc(C(CNCc2cc([N+](=O)[O-])cc3[nH]c(=O)c(=O)[nH]c23)P(=O)(O)O)cc1. The van der Waals surface area contributed by atoms with Crippen molar-refractivity contribution < 1.29 is 19.3 Å². The largest absolute Gasteiger partial charge is 0.334 e. The number of aromatic amines is 2. The molecule has 5 N–H and O–H groups in total. The van der Waals surface area contributed by atoms with Crippen molar-refractivity contribution in [3.8, 4) is 0 Å². The number of nitrogens with one attached hydrogen (secondary N) is 3. The maximum Gasteiger partial charge on any atom is 0.334 e. The topological polar surface area (TPSA) is 178 Å². The van der Waals surface area contributed by atoms with E-state index in [1.54, 1.807) is 24.3 Å². The number of hydrogen-bond acceptors (Lipinski definition) is 6. The molecule has 3 aromatic rings. The summed E-state index contributed by atoms with van der Waals surface area (Å²) in [5.41, 5.74) is -1.32. The fourth-order valence-corrected chi connectivity index (χ4v) is 4.02. The van der Waals surface area contributed by atoms with Gasteiger partial charge in [0, 0.05) is 25.2 Å². The number of benzene rings is 2. The first-order valence-electron chi connectivity index (χ1n) is 8.82. The van der Waals surface area contributed by atoms with Gasteiger partial charge in [-0.05, 0) is 18.1 Å². The molecule has 2 aromatic carbocycles. The molecule has 3 rings (SSSR count). The quantitative estimate of drug-likeness (QED) is 0.160. The van der Waals surface area contributed by atoms with E-state index in [0.29, 0.717) is 11.1 Å². The highest BCUT2D eigenvalue weighted by atomic mass is 31.2. The molecule has 0 bridgehead atoms. The summed E-state index contributed by atoms with van der Waals surface area (Å²) in [6.07, 6.45) is 0. The molecule has 0 aliphatic carbocycles. The minimum Gasteiger partial charge on any atom is -0.324 e.